The van der Waals surface area contributed by atoms with Gasteiger partial charge in [-0.05, 0) is 144 Å². The third-order valence-electron chi connectivity index (χ3n) is 18.4. The molecule has 0 aliphatic heterocycles. The highest BCUT2D eigenvalue weighted by atomic mass is 15.0. The molecule has 0 saturated heterocycles. The Labute approximate surface area is 397 Å². The molecule has 0 bridgehead atoms. The largest absolute Gasteiger partial charge is 0.309 e. The molecular formula is C63H62N4. The molecule has 4 nitrogen and oxygen atoms in total. The average molecular weight is 875 g/mol. The van der Waals surface area contributed by atoms with Gasteiger partial charge in [0.15, 0.2) is 17.5 Å². The summed E-state index contributed by atoms with van der Waals surface area (Å²) in [7, 11) is 0. The van der Waals surface area contributed by atoms with E-state index < -0.39 is 0 Å². The maximum atomic E-state index is 5.30. The number of aromatic nitrogens is 4. The van der Waals surface area contributed by atoms with Gasteiger partial charge in [0, 0.05) is 33.2 Å². The van der Waals surface area contributed by atoms with Crippen molar-refractivity contribution in [2.24, 2.45) is 10.8 Å². The van der Waals surface area contributed by atoms with Crippen molar-refractivity contribution in [3.05, 3.63) is 180 Å². The number of hydrogen-bond acceptors (Lipinski definition) is 3. The van der Waals surface area contributed by atoms with Crippen LogP contribution in [0.15, 0.2) is 158 Å². The van der Waals surface area contributed by atoms with E-state index in [0.717, 1.165) is 44.6 Å². The van der Waals surface area contributed by atoms with Crippen LogP contribution in [-0.2, 0) is 21.7 Å². The minimum atomic E-state index is -0.0315. The molecule has 4 heteroatoms. The van der Waals surface area contributed by atoms with Gasteiger partial charge in [-0.2, -0.15) is 0 Å². The summed E-state index contributed by atoms with van der Waals surface area (Å²) in [6.07, 6.45) is 0. The van der Waals surface area contributed by atoms with Crippen molar-refractivity contribution in [3.8, 4) is 62.1 Å². The molecule has 67 heavy (non-hydrogen) atoms. The third-order valence-corrected chi connectivity index (χ3v) is 18.4. The van der Waals surface area contributed by atoms with Crippen molar-refractivity contribution < 1.29 is 0 Å². The van der Waals surface area contributed by atoms with E-state index in [0.29, 0.717) is 17.5 Å². The summed E-state index contributed by atoms with van der Waals surface area (Å²) in [5.41, 5.74) is 16.8. The minimum Gasteiger partial charge on any atom is -0.309 e. The Kier molecular flexibility index (Phi) is 9.25. The molecule has 0 fully saturated rings. The molecule has 7 aromatic carbocycles. The van der Waals surface area contributed by atoms with Crippen LogP contribution in [0.2, 0.25) is 0 Å². The number of hydrogen-bond donors (Lipinski definition) is 0. The summed E-state index contributed by atoms with van der Waals surface area (Å²) in [4.78, 5) is 15.7. The molecular weight excluding hydrogens is 813 g/mol. The van der Waals surface area contributed by atoms with Crippen molar-refractivity contribution >= 4 is 21.8 Å². The first-order chi connectivity index (χ1) is 31.7. The summed E-state index contributed by atoms with van der Waals surface area (Å²) < 4.78 is 2.53. The topological polar surface area (TPSA) is 43.6 Å². The lowest BCUT2D eigenvalue weighted by Crippen LogP contribution is -2.42. The Morgan fingerprint density at radius 3 is 1.00 bits per heavy atom. The highest BCUT2D eigenvalue weighted by Crippen LogP contribution is 2.64. The number of fused-ring (bicyclic) bond motifs is 5. The zero-order chi connectivity index (χ0) is 47.1. The molecule has 9 aromatic rings. The average Bonchev–Trinajstić information content (AvgIpc) is 3.74. The molecule has 11 rings (SSSR count). The Bertz CT molecular complexity index is 3260. The molecule has 0 saturated carbocycles. The molecule has 2 heterocycles. The molecule has 0 amide bonds. The molecule has 0 unspecified atom stereocenters. The van der Waals surface area contributed by atoms with Gasteiger partial charge in [0.25, 0.3) is 0 Å². The third kappa shape index (κ3) is 6.07. The van der Waals surface area contributed by atoms with Crippen molar-refractivity contribution in [2.45, 2.75) is 105 Å². The van der Waals surface area contributed by atoms with E-state index in [9.17, 15) is 0 Å². The standard InChI is InChI=1S/C63H62N4/c1-58(2)49-35-47-48-36-50-52(61(7,8)63(11,12)59(50,3)4)38-54(48)67(53(47)37-51(49)60(5,6)62(58,9)10)46-30-28-42(29-31-46)56-64-55(41-26-20-15-21-27-41)65-57(66-56)45-33-43(39-22-16-13-17-23-39)32-44(34-45)40-24-18-14-19-25-40/h13-38H,1-12H3. The number of benzene rings is 7. The van der Waals surface area contributed by atoms with E-state index in [2.05, 4.69) is 227 Å². The van der Waals surface area contributed by atoms with Gasteiger partial charge in [-0.25, -0.2) is 15.0 Å². The molecule has 2 aliphatic carbocycles. The van der Waals surface area contributed by atoms with Gasteiger partial charge in [-0.15, -0.1) is 0 Å². The molecule has 0 N–H and O–H groups in total. The van der Waals surface area contributed by atoms with Crippen molar-refractivity contribution in [1.29, 1.82) is 0 Å². The minimum absolute atomic E-state index is 0.00987. The van der Waals surface area contributed by atoms with Crippen LogP contribution in [0.4, 0.5) is 0 Å². The summed E-state index contributed by atoms with van der Waals surface area (Å²) in [6, 6.07) is 57.2. The highest BCUT2D eigenvalue weighted by molar-refractivity contribution is 6.11. The first-order valence-electron chi connectivity index (χ1n) is 24.1. The van der Waals surface area contributed by atoms with Crippen molar-refractivity contribution in [2.75, 3.05) is 0 Å². The molecule has 2 aromatic heterocycles. The van der Waals surface area contributed by atoms with Crippen LogP contribution in [0.3, 0.4) is 0 Å². The predicted octanol–water partition coefficient (Wildman–Crippen LogP) is 16.5. The van der Waals surface area contributed by atoms with Crippen LogP contribution < -0.4 is 0 Å². The lowest BCUT2D eigenvalue weighted by Gasteiger charge is -2.44. The molecule has 334 valence electrons. The number of nitrogens with zero attached hydrogens (tertiary/aromatic N) is 4. The van der Waals surface area contributed by atoms with E-state index in [1.165, 1.54) is 44.1 Å². The second kappa shape index (κ2) is 14.4. The van der Waals surface area contributed by atoms with Gasteiger partial charge in [-0.1, -0.05) is 174 Å². The first kappa shape index (κ1) is 43.0. The van der Waals surface area contributed by atoms with E-state index in [4.69, 9.17) is 15.0 Å². The summed E-state index contributed by atoms with van der Waals surface area (Å²) in [5, 5.41) is 2.64. The van der Waals surface area contributed by atoms with Gasteiger partial charge in [-0.3, -0.25) is 0 Å². The second-order valence-corrected chi connectivity index (χ2v) is 22.7. The smallest absolute Gasteiger partial charge is 0.164 e. The predicted molar refractivity (Wildman–Crippen MR) is 281 cm³/mol. The zero-order valence-corrected chi connectivity index (χ0v) is 41.3. The maximum Gasteiger partial charge on any atom is 0.164 e. The van der Waals surface area contributed by atoms with E-state index in [-0.39, 0.29) is 32.5 Å². The van der Waals surface area contributed by atoms with E-state index >= 15 is 0 Å². The first-order valence-corrected chi connectivity index (χ1v) is 24.1. The van der Waals surface area contributed by atoms with Crippen LogP contribution in [0, 0.1) is 10.8 Å². The zero-order valence-electron chi connectivity index (χ0n) is 41.3. The molecule has 0 spiro atoms. The normalized spacial score (nSPS) is 18.0. The monoisotopic (exact) mass is 874 g/mol. The lowest BCUT2D eigenvalue weighted by molar-refractivity contribution is 0.125. The van der Waals surface area contributed by atoms with Crippen LogP contribution in [0.1, 0.15) is 105 Å². The molecule has 2 aliphatic rings. The Balaban J connectivity index is 1.11. The SMILES string of the molecule is CC1(C)c2cc3c4cc5c(cc4n(-c4ccc(-c6nc(-c7ccccc7)nc(-c7cc(-c8ccccc8)cc(-c8ccccc8)c7)n6)cc4)c3cc2C(C)(C)C1(C)C)C(C)(C)C(C)(C)C5(C)C. The fraction of sp³-hybridized carbons (Fsp3) is 0.286. The van der Waals surface area contributed by atoms with Crippen molar-refractivity contribution in [3.63, 3.8) is 0 Å². The number of rotatable bonds is 6. The Morgan fingerprint density at radius 1 is 0.299 bits per heavy atom. The summed E-state index contributed by atoms with van der Waals surface area (Å²) >= 11 is 0. The Hall–Kier alpha value is -6.65. The summed E-state index contributed by atoms with van der Waals surface area (Å²) in [5.74, 6) is 1.91. The fourth-order valence-corrected chi connectivity index (χ4v) is 11.8. The lowest BCUT2D eigenvalue weighted by atomic mass is 9.59. The van der Waals surface area contributed by atoms with Crippen LogP contribution >= 0.6 is 0 Å². The van der Waals surface area contributed by atoms with Gasteiger partial charge in [0.05, 0.1) is 11.0 Å². The van der Waals surface area contributed by atoms with Gasteiger partial charge in [0.2, 0.25) is 0 Å². The van der Waals surface area contributed by atoms with Crippen LogP contribution in [0.5, 0.6) is 0 Å². The fourth-order valence-electron chi connectivity index (χ4n) is 11.8. The second-order valence-electron chi connectivity index (χ2n) is 22.7. The summed E-state index contributed by atoms with van der Waals surface area (Å²) in [6.45, 7) is 29.4. The molecule has 0 atom stereocenters. The molecule has 0 radical (unpaired) electrons. The van der Waals surface area contributed by atoms with Gasteiger partial charge in [0.1, 0.15) is 0 Å². The quantitative estimate of drug-likeness (QED) is 0.167. The Morgan fingerprint density at radius 2 is 0.612 bits per heavy atom. The van der Waals surface area contributed by atoms with Crippen molar-refractivity contribution in [1.82, 2.24) is 19.5 Å². The van der Waals surface area contributed by atoms with Gasteiger partial charge < -0.3 is 4.57 Å². The van der Waals surface area contributed by atoms with E-state index in [1.807, 2.05) is 18.2 Å². The highest BCUT2D eigenvalue weighted by Gasteiger charge is 2.58. The maximum absolute atomic E-state index is 5.30. The van der Waals surface area contributed by atoms with Crippen LogP contribution in [0.25, 0.3) is 83.9 Å². The van der Waals surface area contributed by atoms with Gasteiger partial charge >= 0.3 is 0 Å². The van der Waals surface area contributed by atoms with Crippen LogP contribution in [-0.4, -0.2) is 19.5 Å². The van der Waals surface area contributed by atoms with E-state index in [1.54, 1.807) is 0 Å².